The quantitative estimate of drug-likeness (QED) is 0.359. The Morgan fingerprint density at radius 1 is 1.00 bits per heavy atom. The Labute approximate surface area is 142 Å². The van der Waals surface area contributed by atoms with Crippen LogP contribution in [0.1, 0.15) is 0 Å². The average molecular weight is 177 g/mol. The molecular weight excluding hydrogens is 175 g/mol. The van der Waals surface area contributed by atoms with Crippen LogP contribution in [0, 0.1) is 0 Å². The van der Waals surface area contributed by atoms with Gasteiger partial charge in [-0.2, -0.15) is 0 Å². The van der Waals surface area contributed by atoms with Gasteiger partial charge in [-0.05, 0) is 0 Å². The van der Waals surface area contributed by atoms with Crippen molar-refractivity contribution in [2.24, 2.45) is 0 Å². The van der Waals surface area contributed by atoms with Crippen LogP contribution in [0.15, 0.2) is 0 Å². The van der Waals surface area contributed by atoms with Crippen molar-refractivity contribution in [2.75, 3.05) is 0 Å². The molecule has 1 nitrogen and oxygen atoms in total. The molecule has 0 aliphatic rings. The Balaban J connectivity index is 0. The van der Waals surface area contributed by atoms with E-state index in [2.05, 4.69) is 0 Å². The summed E-state index contributed by atoms with van der Waals surface area (Å²) in [5.41, 5.74) is 0. The van der Waals surface area contributed by atoms with E-state index in [1.54, 1.807) is 0 Å². The second-order valence-electron chi connectivity index (χ2n) is 0. The summed E-state index contributed by atoms with van der Waals surface area (Å²) in [6, 6.07) is 0. The van der Waals surface area contributed by atoms with E-state index in [0.717, 1.165) is 0 Å². The maximum atomic E-state index is 0. The van der Waals surface area contributed by atoms with Gasteiger partial charge in [-0.3, -0.25) is 0 Å². The van der Waals surface area contributed by atoms with Crippen LogP contribution in [0.5, 0.6) is 0 Å². The summed E-state index contributed by atoms with van der Waals surface area (Å²) in [6.07, 6.45) is 0. The van der Waals surface area contributed by atoms with Gasteiger partial charge >= 0.3 is 0 Å². The van der Waals surface area contributed by atoms with Gasteiger partial charge in [0.05, 0.1) is 0 Å². The fraction of sp³-hybridized carbons (Fsp3) is 0. The summed E-state index contributed by atoms with van der Waals surface area (Å²) in [5, 5.41) is 0. The summed E-state index contributed by atoms with van der Waals surface area (Å²) >= 11 is 0. The summed E-state index contributed by atoms with van der Waals surface area (Å²) in [7, 11) is 0. The van der Waals surface area contributed by atoms with E-state index < -0.39 is 0 Å². The van der Waals surface area contributed by atoms with Gasteiger partial charge in [-0.25, -0.2) is 0 Å². The van der Waals surface area contributed by atoms with Gasteiger partial charge < -0.3 is 5.48 Å². The molecule has 0 amide bonds. The second kappa shape index (κ2) is 34.4. The fourth-order valence-corrected chi connectivity index (χ4v) is 0. The minimum atomic E-state index is 0. The molecule has 20 valence electrons. The second-order valence-corrected chi connectivity index (χ2v) is 0. The van der Waals surface area contributed by atoms with Gasteiger partial charge in [0.2, 0.25) is 0 Å². The number of hydrogen-bond donors (Lipinski definition) is 0. The van der Waals surface area contributed by atoms with Crippen LogP contribution in [0.25, 0.3) is 0 Å². The van der Waals surface area contributed by atoms with Crippen LogP contribution < -0.4 is 0 Å². The molecule has 0 aliphatic carbocycles. The topological polar surface area (TPSA) is 31.5 Å². The van der Waals surface area contributed by atoms with Crippen molar-refractivity contribution in [1.29, 1.82) is 0 Å². The largest absolute Gasteiger partial charge is 0.412 e. The SMILES string of the molecule is O.[Al].[Ca].[K].[Mg].[Si]. The van der Waals surface area contributed by atoms with Crippen LogP contribution >= 0.6 is 0 Å². The number of hydrogen-bond acceptors (Lipinski definition) is 0. The Morgan fingerprint density at radius 3 is 1.00 bits per heavy atom. The fourth-order valence-electron chi connectivity index (χ4n) is 0. The first-order chi connectivity index (χ1) is 0. The normalized spacial score (nSPS) is 0. The van der Waals surface area contributed by atoms with Crippen LogP contribution in [-0.4, -0.2) is 146 Å². The van der Waals surface area contributed by atoms with Gasteiger partial charge in [0, 0.05) is 141 Å². The van der Waals surface area contributed by atoms with Crippen LogP contribution in [0.4, 0.5) is 0 Å². The van der Waals surface area contributed by atoms with Crippen LogP contribution in [-0.2, 0) is 0 Å². The van der Waals surface area contributed by atoms with Crippen molar-refractivity contribution in [3.63, 3.8) is 0 Å². The minimum Gasteiger partial charge on any atom is -0.412 e. The molecule has 0 aromatic carbocycles. The molecule has 6 heteroatoms. The Kier molecular flexibility index (Phi) is 273. The summed E-state index contributed by atoms with van der Waals surface area (Å²) in [4.78, 5) is 0. The molecule has 6 heavy (non-hydrogen) atoms. The van der Waals surface area contributed by atoms with E-state index >= 15 is 0 Å². The summed E-state index contributed by atoms with van der Waals surface area (Å²) in [6.45, 7) is 0. The molecule has 2 N–H and O–H groups in total. The third kappa shape index (κ3) is 23.8. The molecule has 0 saturated carbocycles. The van der Waals surface area contributed by atoms with Crippen LogP contribution in [0.2, 0.25) is 0 Å². The molecule has 0 unspecified atom stereocenters. The minimum absolute atomic E-state index is 0. The van der Waals surface area contributed by atoms with E-state index in [-0.39, 0.29) is 146 Å². The van der Waals surface area contributed by atoms with Gasteiger partial charge in [0.15, 0.2) is 0 Å². The molecule has 0 aliphatic heterocycles. The van der Waals surface area contributed by atoms with E-state index in [4.69, 9.17) is 0 Å². The first-order valence-corrected chi connectivity index (χ1v) is 0. The van der Waals surface area contributed by atoms with E-state index in [0.29, 0.717) is 0 Å². The molecule has 0 fully saturated rings. The van der Waals surface area contributed by atoms with Crippen molar-refractivity contribution in [2.45, 2.75) is 0 Å². The third-order valence-electron chi connectivity index (χ3n) is 0. The molecule has 0 spiro atoms. The Morgan fingerprint density at radius 2 is 1.00 bits per heavy atom. The zero-order valence-electron chi connectivity index (χ0n) is 3.99. The molecule has 0 heterocycles. The van der Waals surface area contributed by atoms with Crippen molar-refractivity contribution in [1.82, 2.24) is 0 Å². The first kappa shape index (κ1) is 47.7. The molecule has 0 aromatic rings. The molecule has 12 radical (unpaired) electrons. The molecule has 0 bridgehead atoms. The predicted octanol–water partition coefficient (Wildman–Crippen LogP) is -2.73. The van der Waals surface area contributed by atoms with Crippen molar-refractivity contribution < 1.29 is 5.48 Å². The Hall–Kier alpha value is 4.37. The van der Waals surface area contributed by atoms with Gasteiger partial charge in [0.1, 0.15) is 0 Å². The van der Waals surface area contributed by atoms with Crippen molar-refractivity contribution >= 4 is 141 Å². The van der Waals surface area contributed by atoms with Crippen LogP contribution in [0.3, 0.4) is 0 Å². The summed E-state index contributed by atoms with van der Waals surface area (Å²) < 4.78 is 0. The molecule has 0 rings (SSSR count). The average Bonchev–Trinajstić information content (AvgIpc) is 0. The van der Waals surface area contributed by atoms with Crippen molar-refractivity contribution in [3.05, 3.63) is 0 Å². The molecular formula is H2AlCaKMgOSi. The van der Waals surface area contributed by atoms with E-state index in [1.807, 2.05) is 0 Å². The Bertz CT molecular complexity index is 15.5. The van der Waals surface area contributed by atoms with Crippen molar-refractivity contribution in [3.8, 4) is 0 Å². The maximum Gasteiger partial charge on any atom is 0 e. The third-order valence-corrected chi connectivity index (χ3v) is 0. The predicted molar refractivity (Wildman–Crippen MR) is 32.4 cm³/mol. The van der Waals surface area contributed by atoms with Gasteiger partial charge in [-0.1, -0.05) is 0 Å². The smallest absolute Gasteiger partial charge is 0 e. The molecule has 0 saturated heterocycles. The molecule has 0 atom stereocenters. The maximum absolute atomic E-state index is 0. The first-order valence-electron chi connectivity index (χ1n) is 0. The van der Waals surface area contributed by atoms with Gasteiger partial charge in [-0.15, -0.1) is 0 Å². The zero-order valence-corrected chi connectivity index (χ0v) is 12.9. The molecule has 0 aromatic heterocycles. The van der Waals surface area contributed by atoms with E-state index in [1.165, 1.54) is 0 Å². The number of rotatable bonds is 0. The van der Waals surface area contributed by atoms with E-state index in [9.17, 15) is 0 Å². The zero-order chi connectivity index (χ0) is 0. The monoisotopic (exact) mass is 176 g/mol. The standard InChI is InChI=1S/Al.Ca.K.Mg.H2O.Si/h;;;;1H2;. The van der Waals surface area contributed by atoms with Gasteiger partial charge in [0.25, 0.3) is 0 Å². The summed E-state index contributed by atoms with van der Waals surface area (Å²) in [5.74, 6) is 0.